The Labute approximate surface area is 210 Å². The highest BCUT2D eigenvalue weighted by Crippen LogP contribution is 2.27. The van der Waals surface area contributed by atoms with Crippen LogP contribution in [-0.2, 0) is 11.2 Å². The van der Waals surface area contributed by atoms with Crippen LogP contribution >= 0.6 is 0 Å². The quantitative estimate of drug-likeness (QED) is 0.309. The Morgan fingerprint density at radius 1 is 1.16 bits per heavy atom. The van der Waals surface area contributed by atoms with E-state index in [9.17, 15) is 14.3 Å². The van der Waals surface area contributed by atoms with Gasteiger partial charge in [-0.25, -0.2) is 14.2 Å². The third-order valence-electron chi connectivity index (χ3n) is 6.53. The number of H-pyrrole nitrogens is 1. The van der Waals surface area contributed by atoms with Crippen molar-refractivity contribution in [2.24, 2.45) is 0 Å². The van der Waals surface area contributed by atoms with Gasteiger partial charge in [-0.2, -0.15) is 9.61 Å². The summed E-state index contributed by atoms with van der Waals surface area (Å²) in [6.45, 7) is 3.80. The van der Waals surface area contributed by atoms with Gasteiger partial charge in [-0.3, -0.25) is 4.98 Å². The highest BCUT2D eigenvalue weighted by molar-refractivity contribution is 5.95. The molecule has 0 atom stereocenters. The number of aromatic amines is 1. The molecule has 1 aliphatic heterocycles. The van der Waals surface area contributed by atoms with Crippen LogP contribution in [0.5, 0.6) is 0 Å². The average molecular weight is 502 g/mol. The second-order valence-corrected chi connectivity index (χ2v) is 8.84. The molecule has 1 fully saturated rings. The molecule has 0 saturated carbocycles. The van der Waals surface area contributed by atoms with Gasteiger partial charge in [0.15, 0.2) is 5.65 Å². The number of rotatable bonds is 7. The molecule has 1 saturated heterocycles. The number of nitrogens with zero attached hydrogens (tertiary/aromatic N) is 5. The zero-order valence-corrected chi connectivity index (χ0v) is 19.8. The summed E-state index contributed by atoms with van der Waals surface area (Å²) in [5, 5.41) is 18.3. The van der Waals surface area contributed by atoms with Crippen molar-refractivity contribution in [1.82, 2.24) is 24.6 Å². The summed E-state index contributed by atoms with van der Waals surface area (Å²) in [5.41, 5.74) is 4.37. The first-order chi connectivity index (χ1) is 18.1. The predicted octanol–water partition coefficient (Wildman–Crippen LogP) is 3.60. The number of hydrogen-bond donors (Lipinski definition) is 3. The lowest BCUT2D eigenvalue weighted by atomic mass is 10.1. The summed E-state index contributed by atoms with van der Waals surface area (Å²) in [6.07, 6.45) is 6.57. The number of halogens is 1. The van der Waals surface area contributed by atoms with E-state index in [1.165, 1.54) is 28.7 Å². The summed E-state index contributed by atoms with van der Waals surface area (Å²) in [4.78, 5) is 25.7. The first-order valence-electron chi connectivity index (χ1n) is 12.0. The molecule has 0 aliphatic carbocycles. The van der Waals surface area contributed by atoms with Crippen molar-refractivity contribution in [3.63, 3.8) is 0 Å². The fourth-order valence-electron chi connectivity index (χ4n) is 4.66. The van der Waals surface area contributed by atoms with E-state index in [0.29, 0.717) is 30.0 Å². The molecule has 1 aliphatic rings. The fraction of sp³-hybridized carbons (Fsp3) is 0.231. The number of fused-ring (bicyclic) bond motifs is 2. The third kappa shape index (κ3) is 4.45. The lowest BCUT2D eigenvalue weighted by Crippen LogP contribution is -2.36. The third-order valence-corrected chi connectivity index (χ3v) is 6.53. The Hall–Kier alpha value is -4.51. The summed E-state index contributed by atoms with van der Waals surface area (Å²) in [6, 6.07) is 9.47. The van der Waals surface area contributed by atoms with Crippen molar-refractivity contribution in [3.8, 4) is 11.3 Å². The maximum absolute atomic E-state index is 13.8. The van der Waals surface area contributed by atoms with E-state index in [0.717, 1.165) is 49.0 Å². The molecule has 5 aromatic rings. The van der Waals surface area contributed by atoms with Crippen LogP contribution in [0.15, 0.2) is 55.1 Å². The Morgan fingerprint density at radius 2 is 2.03 bits per heavy atom. The summed E-state index contributed by atoms with van der Waals surface area (Å²) in [7, 11) is 0. The van der Waals surface area contributed by atoms with Gasteiger partial charge in [0, 0.05) is 60.2 Å². The molecule has 11 heteroatoms. The van der Waals surface area contributed by atoms with Crippen molar-refractivity contribution in [2.75, 3.05) is 43.1 Å². The van der Waals surface area contributed by atoms with Crippen LogP contribution < -0.4 is 10.2 Å². The number of carboxylic acids is 1. The molecule has 6 rings (SSSR count). The van der Waals surface area contributed by atoms with E-state index in [1.54, 1.807) is 6.07 Å². The number of ether oxygens (including phenoxy) is 1. The van der Waals surface area contributed by atoms with E-state index in [-0.39, 0.29) is 11.2 Å². The molecule has 1 aromatic carbocycles. The number of carbonyl (C=O) groups is 1. The van der Waals surface area contributed by atoms with Gasteiger partial charge < -0.3 is 25.0 Å². The van der Waals surface area contributed by atoms with Crippen LogP contribution in [-0.4, -0.2) is 68.5 Å². The smallest absolute Gasteiger partial charge is 0.341 e. The number of morpholine rings is 1. The van der Waals surface area contributed by atoms with Crippen LogP contribution in [0.2, 0.25) is 0 Å². The average Bonchev–Trinajstić information content (AvgIpc) is 3.53. The fourth-order valence-corrected chi connectivity index (χ4v) is 4.66. The first kappa shape index (κ1) is 22.9. The van der Waals surface area contributed by atoms with E-state index in [1.807, 2.05) is 6.20 Å². The van der Waals surface area contributed by atoms with Crippen molar-refractivity contribution < 1.29 is 19.0 Å². The van der Waals surface area contributed by atoms with Crippen molar-refractivity contribution >= 4 is 34.0 Å². The molecular weight excluding hydrogens is 477 g/mol. The highest BCUT2D eigenvalue weighted by Gasteiger charge is 2.18. The zero-order chi connectivity index (χ0) is 25.4. The van der Waals surface area contributed by atoms with Crippen molar-refractivity contribution in [1.29, 1.82) is 0 Å². The number of carboxylic acid groups (broad SMARTS) is 1. The Balaban J connectivity index is 1.25. The number of benzene rings is 1. The lowest BCUT2D eigenvalue weighted by Gasteiger charge is -2.28. The molecule has 4 aromatic heterocycles. The largest absolute Gasteiger partial charge is 0.477 e. The van der Waals surface area contributed by atoms with Gasteiger partial charge in [-0.05, 0) is 30.2 Å². The maximum atomic E-state index is 13.8. The second-order valence-electron chi connectivity index (χ2n) is 8.84. The van der Waals surface area contributed by atoms with Gasteiger partial charge in [0.1, 0.15) is 17.2 Å². The van der Waals surface area contributed by atoms with Crippen molar-refractivity contribution in [2.45, 2.75) is 6.42 Å². The Morgan fingerprint density at radius 3 is 2.84 bits per heavy atom. The minimum Gasteiger partial charge on any atom is -0.477 e. The molecule has 0 radical (unpaired) electrons. The van der Waals surface area contributed by atoms with Crippen LogP contribution in [0, 0.1) is 5.82 Å². The summed E-state index contributed by atoms with van der Waals surface area (Å²) in [5.74, 6) is -1.10. The van der Waals surface area contributed by atoms with E-state index in [4.69, 9.17) is 4.74 Å². The van der Waals surface area contributed by atoms with Gasteiger partial charge in [0.2, 0.25) is 0 Å². The molecule has 3 N–H and O–H groups in total. The molecule has 10 nitrogen and oxygen atoms in total. The van der Waals surface area contributed by atoms with E-state index in [2.05, 4.69) is 48.5 Å². The van der Waals surface area contributed by atoms with E-state index >= 15 is 0 Å². The summed E-state index contributed by atoms with van der Waals surface area (Å²) >= 11 is 0. The molecule has 5 heterocycles. The lowest BCUT2D eigenvalue weighted by molar-refractivity contribution is 0.0698. The normalized spacial score (nSPS) is 13.9. The minimum atomic E-state index is -1.14. The van der Waals surface area contributed by atoms with Crippen molar-refractivity contribution in [3.05, 3.63) is 72.1 Å². The molecule has 0 amide bonds. The molecule has 37 heavy (non-hydrogen) atoms. The SMILES string of the molecule is O=C(O)c1cnn2c(NCCc3c[nH]c4cc(N5CCOCC5)ccc34)cc(-c3cncc(F)c3)nc12. The molecule has 0 unspecified atom stereocenters. The molecule has 0 bridgehead atoms. The molecule has 0 spiro atoms. The number of aromatic nitrogens is 5. The van der Waals surface area contributed by atoms with Crippen LogP contribution in [0.4, 0.5) is 15.9 Å². The Kier molecular flexibility index (Phi) is 5.89. The van der Waals surface area contributed by atoms with Gasteiger partial charge in [0.25, 0.3) is 0 Å². The van der Waals surface area contributed by atoms with Crippen LogP contribution in [0.25, 0.3) is 27.8 Å². The van der Waals surface area contributed by atoms with Gasteiger partial charge in [-0.1, -0.05) is 6.07 Å². The van der Waals surface area contributed by atoms with E-state index < -0.39 is 11.8 Å². The molecular formula is C26H24FN7O3. The zero-order valence-electron chi connectivity index (χ0n) is 19.8. The summed E-state index contributed by atoms with van der Waals surface area (Å²) < 4.78 is 20.7. The van der Waals surface area contributed by atoms with Crippen LogP contribution in [0.1, 0.15) is 15.9 Å². The van der Waals surface area contributed by atoms with Gasteiger partial charge >= 0.3 is 5.97 Å². The molecule has 188 valence electrons. The predicted molar refractivity (Wildman–Crippen MR) is 137 cm³/mol. The highest BCUT2D eigenvalue weighted by atomic mass is 19.1. The van der Waals surface area contributed by atoms with Gasteiger partial charge in [0.05, 0.1) is 31.3 Å². The van der Waals surface area contributed by atoms with Crippen LogP contribution in [0.3, 0.4) is 0 Å². The minimum absolute atomic E-state index is 0.0398. The topological polar surface area (TPSA) is 121 Å². The second kappa shape index (κ2) is 9.51. The maximum Gasteiger partial charge on any atom is 0.341 e. The monoisotopic (exact) mass is 501 g/mol. The number of nitrogens with one attached hydrogen (secondary N) is 2. The Bertz CT molecular complexity index is 1610. The standard InChI is InChI=1S/C26H24FN7O3/c27-18-9-17(12-28-14-18)22-11-24(34-25(32-22)21(15-31-34)26(35)36)29-4-3-16-13-30-23-10-19(1-2-20(16)23)33-5-7-37-8-6-33/h1-2,9-15,29-30H,3-8H2,(H,35,36). The number of anilines is 2. The number of pyridine rings is 1. The number of aromatic carboxylic acids is 1. The first-order valence-corrected chi connectivity index (χ1v) is 12.0. The number of hydrogen-bond acceptors (Lipinski definition) is 7. The van der Waals surface area contributed by atoms with Gasteiger partial charge in [-0.15, -0.1) is 0 Å².